The summed E-state index contributed by atoms with van der Waals surface area (Å²) in [5.74, 6) is -2.33. The summed E-state index contributed by atoms with van der Waals surface area (Å²) in [5, 5.41) is 8.10. The van der Waals surface area contributed by atoms with E-state index in [9.17, 15) is 32.4 Å². The third-order valence-corrected chi connectivity index (χ3v) is 13.3. The van der Waals surface area contributed by atoms with Gasteiger partial charge in [-0.3, -0.25) is 19.1 Å². The van der Waals surface area contributed by atoms with Crippen molar-refractivity contribution in [2.75, 3.05) is 13.1 Å². The number of allylic oxidation sites excluding steroid dienone is 1. The number of amides is 6. The van der Waals surface area contributed by atoms with E-state index >= 15 is 0 Å². The van der Waals surface area contributed by atoms with Gasteiger partial charge in [-0.25, -0.2) is 18.0 Å². The zero-order valence-corrected chi connectivity index (χ0v) is 30.3. The molecule has 0 aromatic heterocycles. The number of fused-ring (bicyclic) bond motifs is 3. The predicted octanol–water partition coefficient (Wildman–Crippen LogP) is 2.76. The first-order chi connectivity index (χ1) is 25.0. The number of urea groups is 1. The SMILES string of the molecule is O=C(NC1CCCC1)N[C@H]1CCCCC/C=C\[C@H]2C[C@@]2(C(=O)NS(=O)(=O)C2CC2)NC(=O)[C@@H]2C[C@@H](OC(=O)N3CCc4ccccc4C3)CN2C1=O. The Kier molecular flexibility index (Phi) is 10.5. The monoisotopic (exact) mass is 738 g/mol. The van der Waals surface area contributed by atoms with E-state index in [1.54, 1.807) is 4.90 Å². The van der Waals surface area contributed by atoms with E-state index in [4.69, 9.17) is 4.74 Å². The van der Waals surface area contributed by atoms with Gasteiger partial charge in [-0.05, 0) is 68.9 Å². The largest absolute Gasteiger partial charge is 0.444 e. The van der Waals surface area contributed by atoms with Crippen LogP contribution in [0.1, 0.15) is 94.6 Å². The van der Waals surface area contributed by atoms with Crippen molar-refractivity contribution in [1.82, 2.24) is 30.5 Å². The first-order valence-corrected chi connectivity index (χ1v) is 20.5. The molecule has 0 spiro atoms. The minimum Gasteiger partial charge on any atom is -0.444 e. The van der Waals surface area contributed by atoms with Crippen LogP contribution in [0.3, 0.4) is 0 Å². The van der Waals surface area contributed by atoms with Crippen molar-refractivity contribution < 1.29 is 37.1 Å². The Hall–Kier alpha value is -4.14. The fraction of sp³-hybridized carbons (Fsp3) is 0.649. The average molecular weight is 739 g/mol. The van der Waals surface area contributed by atoms with Crippen LogP contribution in [0.4, 0.5) is 9.59 Å². The number of nitrogens with zero attached hydrogens (tertiary/aromatic N) is 2. The summed E-state index contributed by atoms with van der Waals surface area (Å²) < 4.78 is 33.7. The standard InChI is InChI=1S/C37H50N6O8S/c44-32-31-20-28(51-36(48)42-19-18-24-10-6-7-11-25(24)22-42)23-43(31)33(45)30(39-35(47)38-27-13-8-9-14-27)15-5-3-1-2-4-12-26-21-37(26,40-32)34(46)41-52(49,50)29-16-17-29/h4,6-7,10-12,26-31H,1-3,5,8-9,13-23H2,(H,40,44)(H,41,46)(H2,38,39,47)/b12-4-/t26-,28+,30-,31-,37+/m0/s1. The Balaban J connectivity index is 1.12. The molecular formula is C37H50N6O8S. The molecular weight excluding hydrogens is 689 g/mol. The van der Waals surface area contributed by atoms with Crippen LogP contribution in [0.5, 0.6) is 0 Å². The van der Waals surface area contributed by atoms with Crippen LogP contribution in [-0.2, 0) is 42.1 Å². The van der Waals surface area contributed by atoms with E-state index in [1.165, 1.54) is 10.5 Å². The van der Waals surface area contributed by atoms with Crippen LogP contribution in [0.2, 0.25) is 0 Å². The van der Waals surface area contributed by atoms with Gasteiger partial charge in [0.1, 0.15) is 23.7 Å². The highest BCUT2D eigenvalue weighted by Gasteiger charge is 2.62. The van der Waals surface area contributed by atoms with Crippen LogP contribution in [0.15, 0.2) is 36.4 Å². The van der Waals surface area contributed by atoms with Gasteiger partial charge in [0.15, 0.2) is 0 Å². The van der Waals surface area contributed by atoms with Gasteiger partial charge in [-0.15, -0.1) is 0 Å². The third-order valence-electron chi connectivity index (χ3n) is 11.5. The highest BCUT2D eigenvalue weighted by atomic mass is 32.2. The maximum atomic E-state index is 14.4. The van der Waals surface area contributed by atoms with Gasteiger partial charge in [0, 0.05) is 31.5 Å². The van der Waals surface area contributed by atoms with Crippen LogP contribution >= 0.6 is 0 Å². The lowest BCUT2D eigenvalue weighted by Gasteiger charge is -2.30. The lowest BCUT2D eigenvalue weighted by atomic mass is 10.0. The van der Waals surface area contributed by atoms with Crippen molar-refractivity contribution in [2.45, 2.75) is 131 Å². The second-order valence-corrected chi connectivity index (χ2v) is 17.3. The summed E-state index contributed by atoms with van der Waals surface area (Å²) in [4.78, 5) is 71.9. The molecule has 15 heteroatoms. The Labute approximate surface area is 304 Å². The van der Waals surface area contributed by atoms with E-state index in [-0.39, 0.29) is 25.4 Å². The zero-order chi connectivity index (χ0) is 36.5. The van der Waals surface area contributed by atoms with Crippen LogP contribution < -0.4 is 20.7 Å². The molecule has 3 aliphatic carbocycles. The molecule has 1 saturated heterocycles. The molecule has 14 nitrogen and oxygen atoms in total. The first kappa shape index (κ1) is 36.2. The smallest absolute Gasteiger partial charge is 0.410 e. The molecule has 1 aromatic rings. The normalized spacial score (nSPS) is 30.4. The maximum Gasteiger partial charge on any atom is 0.410 e. The molecule has 1 aromatic carbocycles. The number of carbonyl (C=O) groups excluding carboxylic acids is 5. The molecule has 282 valence electrons. The van der Waals surface area contributed by atoms with Gasteiger partial charge in [0.2, 0.25) is 21.8 Å². The zero-order valence-electron chi connectivity index (χ0n) is 29.5. The van der Waals surface area contributed by atoms with Gasteiger partial charge in [-0.2, -0.15) is 0 Å². The number of carbonyl (C=O) groups is 5. The molecule has 0 bridgehead atoms. The van der Waals surface area contributed by atoms with Gasteiger partial charge < -0.3 is 30.5 Å². The molecule has 0 unspecified atom stereocenters. The molecule has 4 fully saturated rings. The van der Waals surface area contributed by atoms with Gasteiger partial charge in [0.25, 0.3) is 5.91 Å². The molecule has 3 heterocycles. The Morgan fingerprint density at radius 2 is 1.67 bits per heavy atom. The summed E-state index contributed by atoms with van der Waals surface area (Å²) in [5.41, 5.74) is 0.704. The van der Waals surface area contributed by atoms with Crippen molar-refractivity contribution in [1.29, 1.82) is 0 Å². The van der Waals surface area contributed by atoms with Crippen LogP contribution in [0.25, 0.3) is 0 Å². The molecule has 6 amide bonds. The topological polar surface area (TPSA) is 183 Å². The van der Waals surface area contributed by atoms with Crippen LogP contribution in [0, 0.1) is 5.92 Å². The summed E-state index contributed by atoms with van der Waals surface area (Å²) in [6.45, 7) is 0.772. The summed E-state index contributed by atoms with van der Waals surface area (Å²) in [7, 11) is -3.88. The second kappa shape index (κ2) is 15.1. The highest BCUT2D eigenvalue weighted by Crippen LogP contribution is 2.46. The average Bonchev–Trinajstić information content (AvgIpc) is 4.00. The Bertz CT molecular complexity index is 1710. The summed E-state index contributed by atoms with van der Waals surface area (Å²) >= 11 is 0. The van der Waals surface area contributed by atoms with Crippen molar-refractivity contribution in [2.24, 2.45) is 5.92 Å². The molecule has 0 radical (unpaired) electrons. The molecule has 6 aliphatic rings. The Morgan fingerprint density at radius 3 is 2.44 bits per heavy atom. The third kappa shape index (κ3) is 8.08. The highest BCUT2D eigenvalue weighted by molar-refractivity contribution is 7.91. The number of hydrogen-bond acceptors (Lipinski definition) is 8. The number of benzene rings is 1. The number of ether oxygens (including phenoxy) is 1. The maximum absolute atomic E-state index is 14.4. The van der Waals surface area contributed by atoms with Crippen molar-refractivity contribution >= 4 is 39.9 Å². The number of rotatable bonds is 6. The number of hydrogen-bond donors (Lipinski definition) is 4. The lowest BCUT2D eigenvalue weighted by Crippen LogP contribution is -2.59. The molecule has 7 rings (SSSR count). The molecule has 52 heavy (non-hydrogen) atoms. The summed E-state index contributed by atoms with van der Waals surface area (Å²) in [6, 6.07) is 5.45. The van der Waals surface area contributed by atoms with Gasteiger partial charge in [-0.1, -0.05) is 62.1 Å². The van der Waals surface area contributed by atoms with Gasteiger partial charge >= 0.3 is 12.1 Å². The van der Waals surface area contributed by atoms with Gasteiger partial charge in [0.05, 0.1) is 11.8 Å². The molecule has 4 N–H and O–H groups in total. The fourth-order valence-corrected chi connectivity index (χ4v) is 9.54. The van der Waals surface area contributed by atoms with E-state index in [0.717, 1.165) is 44.1 Å². The fourth-order valence-electron chi connectivity index (χ4n) is 8.17. The van der Waals surface area contributed by atoms with Crippen molar-refractivity contribution in [3.8, 4) is 0 Å². The van der Waals surface area contributed by atoms with E-state index < -0.39 is 74.8 Å². The van der Waals surface area contributed by atoms with Crippen molar-refractivity contribution in [3.63, 3.8) is 0 Å². The summed E-state index contributed by atoms with van der Waals surface area (Å²) in [6.07, 6.45) is 11.4. The number of sulfonamides is 1. The van der Waals surface area contributed by atoms with Crippen LogP contribution in [-0.4, -0.2) is 96.2 Å². The predicted molar refractivity (Wildman–Crippen MR) is 190 cm³/mol. The quantitative estimate of drug-likeness (QED) is 0.322. The Morgan fingerprint density at radius 1 is 0.923 bits per heavy atom. The molecule has 3 saturated carbocycles. The van der Waals surface area contributed by atoms with E-state index in [0.29, 0.717) is 51.6 Å². The van der Waals surface area contributed by atoms with Crippen molar-refractivity contribution in [3.05, 3.63) is 47.5 Å². The van der Waals surface area contributed by atoms with E-state index in [1.807, 2.05) is 36.4 Å². The van der Waals surface area contributed by atoms with E-state index in [2.05, 4.69) is 20.7 Å². The minimum absolute atomic E-state index is 0.0205. The second-order valence-electron chi connectivity index (χ2n) is 15.4. The first-order valence-electron chi connectivity index (χ1n) is 19.0. The number of nitrogens with one attached hydrogen (secondary N) is 4. The molecule has 5 atom stereocenters. The molecule has 3 aliphatic heterocycles. The lowest BCUT2D eigenvalue weighted by molar-refractivity contribution is -0.141. The minimum atomic E-state index is -3.88.